The van der Waals surface area contributed by atoms with Crippen LogP contribution in [0, 0.1) is 0 Å². The Morgan fingerprint density at radius 2 is 2.00 bits per heavy atom. The van der Waals surface area contributed by atoms with Crippen molar-refractivity contribution in [3.8, 4) is 11.5 Å². The summed E-state index contributed by atoms with van der Waals surface area (Å²) in [6.07, 6.45) is 1.84. The Labute approximate surface area is 206 Å². The minimum Gasteiger partial charge on any atom is -0.497 e. The molecular formula is C23H21BrN2O5S2. The van der Waals surface area contributed by atoms with Gasteiger partial charge in [-0.2, -0.15) is 0 Å². The SMILES string of the molecule is CCOC(=O)C1=C(C)N=c2s/c(=C\c3ccc(Br)s3)c(=O)n2C1c1cc(OC)ccc1OC. The summed E-state index contributed by atoms with van der Waals surface area (Å²) < 4.78 is 19.4. The number of carbonyl (C=O) groups is 1. The molecule has 0 N–H and O–H groups in total. The first-order chi connectivity index (χ1) is 15.9. The maximum absolute atomic E-state index is 13.6. The van der Waals surface area contributed by atoms with Crippen LogP contribution in [0.1, 0.15) is 30.3 Å². The number of thiophene rings is 1. The summed E-state index contributed by atoms with van der Waals surface area (Å²) in [7, 11) is 3.10. The number of ether oxygens (including phenoxy) is 3. The van der Waals surface area contributed by atoms with E-state index in [0.29, 0.717) is 37.7 Å². The van der Waals surface area contributed by atoms with Crippen molar-refractivity contribution >= 4 is 50.6 Å². The van der Waals surface area contributed by atoms with Crippen LogP contribution in [-0.2, 0) is 9.53 Å². The van der Waals surface area contributed by atoms with Crippen LogP contribution in [0.2, 0.25) is 0 Å². The molecule has 0 bridgehead atoms. The number of aromatic nitrogens is 1. The van der Waals surface area contributed by atoms with Gasteiger partial charge >= 0.3 is 5.97 Å². The fraction of sp³-hybridized carbons (Fsp3) is 0.261. The third-order valence-corrected chi connectivity index (χ3v) is 7.67. The van der Waals surface area contributed by atoms with E-state index in [-0.39, 0.29) is 12.2 Å². The van der Waals surface area contributed by atoms with E-state index in [1.165, 1.54) is 27.2 Å². The third-order valence-electron chi connectivity index (χ3n) is 5.12. The number of carbonyl (C=O) groups excluding carboxylic acids is 1. The number of methoxy groups -OCH3 is 2. The number of fused-ring (bicyclic) bond motifs is 1. The maximum atomic E-state index is 13.6. The molecule has 3 aromatic rings. The smallest absolute Gasteiger partial charge is 0.338 e. The van der Waals surface area contributed by atoms with E-state index in [4.69, 9.17) is 14.2 Å². The van der Waals surface area contributed by atoms with Crippen molar-refractivity contribution < 1.29 is 19.0 Å². The molecule has 1 aliphatic heterocycles. The highest BCUT2D eigenvalue weighted by Gasteiger charge is 2.35. The standard InChI is InChI=1S/C23H21BrN2O5S2/c1-5-31-22(28)19-12(2)25-23-26(20(19)15-10-13(29-3)6-8-16(15)30-4)21(27)17(33-23)11-14-7-9-18(24)32-14/h6-11,20H,5H2,1-4H3/b17-11-. The van der Waals surface area contributed by atoms with E-state index in [1.54, 1.807) is 46.3 Å². The molecule has 0 saturated heterocycles. The number of nitrogens with zero attached hydrogens (tertiary/aromatic N) is 2. The van der Waals surface area contributed by atoms with Crippen molar-refractivity contribution in [3.63, 3.8) is 0 Å². The summed E-state index contributed by atoms with van der Waals surface area (Å²) in [6.45, 7) is 3.69. The van der Waals surface area contributed by atoms with Crippen molar-refractivity contribution in [1.29, 1.82) is 0 Å². The van der Waals surface area contributed by atoms with E-state index < -0.39 is 12.0 Å². The predicted octanol–water partition coefficient (Wildman–Crippen LogP) is 3.64. The fourth-order valence-electron chi connectivity index (χ4n) is 3.67. The van der Waals surface area contributed by atoms with Gasteiger partial charge in [0.15, 0.2) is 4.80 Å². The monoisotopic (exact) mass is 548 g/mol. The van der Waals surface area contributed by atoms with Gasteiger partial charge in [-0.05, 0) is 66.2 Å². The molecule has 1 aliphatic rings. The van der Waals surface area contributed by atoms with Crippen molar-refractivity contribution in [2.45, 2.75) is 19.9 Å². The molecule has 33 heavy (non-hydrogen) atoms. The highest BCUT2D eigenvalue weighted by atomic mass is 79.9. The average Bonchev–Trinajstić information content (AvgIpc) is 3.34. The first kappa shape index (κ1) is 23.5. The Kier molecular flexibility index (Phi) is 6.87. The van der Waals surface area contributed by atoms with Gasteiger partial charge in [0.05, 0.1) is 40.4 Å². The normalized spacial score (nSPS) is 15.8. The summed E-state index contributed by atoms with van der Waals surface area (Å²) in [4.78, 5) is 32.7. The Hall–Kier alpha value is -2.69. The van der Waals surface area contributed by atoms with Crippen LogP contribution in [0.4, 0.5) is 0 Å². The van der Waals surface area contributed by atoms with Gasteiger partial charge in [-0.25, -0.2) is 9.79 Å². The number of hydrogen-bond acceptors (Lipinski definition) is 8. The Balaban J connectivity index is 2.02. The summed E-state index contributed by atoms with van der Waals surface area (Å²) in [5.41, 5.74) is 1.16. The first-order valence-corrected chi connectivity index (χ1v) is 12.5. The quantitative estimate of drug-likeness (QED) is 0.439. The molecular weight excluding hydrogens is 528 g/mol. The van der Waals surface area contributed by atoms with E-state index in [1.807, 2.05) is 18.2 Å². The number of benzene rings is 1. The van der Waals surface area contributed by atoms with Crippen molar-refractivity contribution in [2.75, 3.05) is 20.8 Å². The van der Waals surface area contributed by atoms with Gasteiger partial charge in [-0.1, -0.05) is 11.3 Å². The van der Waals surface area contributed by atoms with Crippen LogP contribution in [0.15, 0.2) is 55.2 Å². The van der Waals surface area contributed by atoms with Crippen LogP contribution in [0.5, 0.6) is 11.5 Å². The molecule has 172 valence electrons. The van der Waals surface area contributed by atoms with Gasteiger partial charge in [0.25, 0.3) is 5.56 Å². The molecule has 1 unspecified atom stereocenters. The molecule has 4 rings (SSSR count). The molecule has 0 saturated carbocycles. The minimum atomic E-state index is -0.775. The highest BCUT2D eigenvalue weighted by Crippen LogP contribution is 2.37. The fourth-order valence-corrected chi connectivity index (χ4v) is 6.15. The zero-order chi connectivity index (χ0) is 23.7. The lowest BCUT2D eigenvalue weighted by Crippen LogP contribution is -2.40. The zero-order valence-electron chi connectivity index (χ0n) is 18.4. The van der Waals surface area contributed by atoms with E-state index >= 15 is 0 Å². The zero-order valence-corrected chi connectivity index (χ0v) is 21.6. The van der Waals surface area contributed by atoms with Crippen LogP contribution in [-0.4, -0.2) is 31.4 Å². The lowest BCUT2D eigenvalue weighted by atomic mass is 9.95. The van der Waals surface area contributed by atoms with E-state index in [2.05, 4.69) is 20.9 Å². The lowest BCUT2D eigenvalue weighted by Gasteiger charge is -2.26. The van der Waals surface area contributed by atoms with Crippen molar-refractivity contribution in [1.82, 2.24) is 4.57 Å². The molecule has 2 aromatic heterocycles. The van der Waals surface area contributed by atoms with Crippen LogP contribution in [0.3, 0.4) is 0 Å². The Bertz CT molecular complexity index is 1430. The Morgan fingerprint density at radius 1 is 1.21 bits per heavy atom. The molecule has 1 aromatic carbocycles. The van der Waals surface area contributed by atoms with E-state index in [9.17, 15) is 9.59 Å². The second-order valence-electron chi connectivity index (χ2n) is 7.05. The molecule has 0 aliphatic carbocycles. The Morgan fingerprint density at radius 3 is 2.64 bits per heavy atom. The second-order valence-corrected chi connectivity index (χ2v) is 10.6. The molecule has 0 fully saturated rings. The number of rotatable bonds is 6. The second kappa shape index (κ2) is 9.66. The van der Waals surface area contributed by atoms with Gasteiger partial charge < -0.3 is 14.2 Å². The summed E-state index contributed by atoms with van der Waals surface area (Å²) in [6, 6.07) is 8.38. The van der Waals surface area contributed by atoms with Gasteiger partial charge in [-0.3, -0.25) is 9.36 Å². The summed E-state index contributed by atoms with van der Waals surface area (Å²) >= 11 is 6.26. The molecule has 1 atom stereocenters. The van der Waals surface area contributed by atoms with Crippen LogP contribution in [0.25, 0.3) is 6.08 Å². The summed E-state index contributed by atoms with van der Waals surface area (Å²) in [5.74, 6) is 0.577. The van der Waals surface area contributed by atoms with Gasteiger partial charge in [0.1, 0.15) is 17.5 Å². The van der Waals surface area contributed by atoms with E-state index in [0.717, 1.165) is 8.66 Å². The van der Waals surface area contributed by atoms with Crippen LogP contribution < -0.4 is 24.4 Å². The molecule has 0 radical (unpaired) electrons. The summed E-state index contributed by atoms with van der Waals surface area (Å²) in [5, 5.41) is 0. The van der Waals surface area contributed by atoms with Gasteiger partial charge in [0, 0.05) is 10.4 Å². The molecule has 3 heterocycles. The largest absolute Gasteiger partial charge is 0.497 e. The molecule has 10 heteroatoms. The number of halogens is 1. The minimum absolute atomic E-state index is 0.204. The van der Waals surface area contributed by atoms with Gasteiger partial charge in [0.2, 0.25) is 0 Å². The lowest BCUT2D eigenvalue weighted by molar-refractivity contribution is -0.139. The predicted molar refractivity (Wildman–Crippen MR) is 132 cm³/mol. The van der Waals surface area contributed by atoms with Gasteiger partial charge in [-0.15, -0.1) is 11.3 Å². The average molecular weight is 549 g/mol. The highest BCUT2D eigenvalue weighted by molar-refractivity contribution is 9.11. The maximum Gasteiger partial charge on any atom is 0.338 e. The number of esters is 1. The molecule has 0 amide bonds. The number of allylic oxidation sites excluding steroid dienone is 1. The van der Waals surface area contributed by atoms with Crippen molar-refractivity contribution in [2.24, 2.45) is 4.99 Å². The topological polar surface area (TPSA) is 79.1 Å². The first-order valence-electron chi connectivity index (χ1n) is 10.0. The number of hydrogen-bond donors (Lipinski definition) is 0. The molecule has 7 nitrogen and oxygen atoms in total. The van der Waals surface area contributed by atoms with Crippen LogP contribution >= 0.6 is 38.6 Å². The third kappa shape index (κ3) is 4.42. The molecule has 0 spiro atoms. The van der Waals surface area contributed by atoms with Crippen molar-refractivity contribution in [3.05, 3.63) is 75.5 Å². The number of thiazole rings is 1.